The van der Waals surface area contributed by atoms with Crippen molar-refractivity contribution < 1.29 is 19.0 Å². The van der Waals surface area contributed by atoms with Crippen LogP contribution >= 0.6 is 11.8 Å². The van der Waals surface area contributed by atoms with Gasteiger partial charge in [0.25, 0.3) is 0 Å². The minimum Gasteiger partial charge on any atom is -0.495 e. The fourth-order valence-electron chi connectivity index (χ4n) is 1.41. The van der Waals surface area contributed by atoms with Crippen molar-refractivity contribution in [2.75, 3.05) is 13.4 Å². The first-order valence-electron chi connectivity index (χ1n) is 4.65. The molecule has 1 unspecified atom stereocenters. The Bertz CT molecular complexity index is 406. The highest BCUT2D eigenvalue weighted by atomic mass is 32.2. The van der Waals surface area contributed by atoms with Crippen LogP contribution in [0.3, 0.4) is 0 Å². The molecule has 1 aromatic rings. The molecular weight excluding hydrogens is 231 g/mol. The highest BCUT2D eigenvalue weighted by molar-refractivity contribution is 7.98. The lowest BCUT2D eigenvalue weighted by molar-refractivity contribution is -0.138. The summed E-state index contributed by atoms with van der Waals surface area (Å²) in [6, 6.07) is 2.54. The van der Waals surface area contributed by atoms with E-state index in [0.29, 0.717) is 16.2 Å². The number of carboxylic acids is 1. The van der Waals surface area contributed by atoms with Crippen molar-refractivity contribution in [3.63, 3.8) is 0 Å². The van der Waals surface area contributed by atoms with Crippen molar-refractivity contribution in [1.29, 1.82) is 0 Å². The Labute approximate surface area is 97.6 Å². The first-order chi connectivity index (χ1) is 7.51. The zero-order valence-electron chi connectivity index (χ0n) is 9.28. The fourth-order valence-corrected chi connectivity index (χ4v) is 2.03. The lowest BCUT2D eigenvalue weighted by atomic mass is 10.00. The van der Waals surface area contributed by atoms with Gasteiger partial charge >= 0.3 is 5.97 Å². The molecule has 0 heterocycles. The van der Waals surface area contributed by atoms with E-state index in [2.05, 4.69) is 0 Å². The molecule has 16 heavy (non-hydrogen) atoms. The second-order valence-corrected chi connectivity index (χ2v) is 4.14. The summed E-state index contributed by atoms with van der Waals surface area (Å²) in [5.74, 6) is -1.82. The molecular formula is C11H13FO3S. The standard InChI is InChI=1S/C11H13FO3S/c1-6(11(13)14)8-4-7(12)5-9(16-3)10(8)15-2/h4-6H,1-3H3,(H,13,14). The maximum atomic E-state index is 13.3. The molecule has 3 nitrogen and oxygen atoms in total. The lowest BCUT2D eigenvalue weighted by Gasteiger charge is -2.15. The van der Waals surface area contributed by atoms with Gasteiger partial charge in [-0.3, -0.25) is 4.79 Å². The monoisotopic (exact) mass is 244 g/mol. The van der Waals surface area contributed by atoms with Gasteiger partial charge in [0, 0.05) is 5.56 Å². The Morgan fingerprint density at radius 2 is 2.19 bits per heavy atom. The third kappa shape index (κ3) is 2.47. The molecule has 0 saturated carbocycles. The number of methoxy groups -OCH3 is 1. The van der Waals surface area contributed by atoms with E-state index in [1.807, 2.05) is 0 Å². The van der Waals surface area contributed by atoms with Crippen molar-refractivity contribution >= 4 is 17.7 Å². The number of carbonyl (C=O) groups is 1. The quantitative estimate of drug-likeness (QED) is 0.827. The van der Waals surface area contributed by atoms with Gasteiger partial charge in [0.1, 0.15) is 11.6 Å². The zero-order chi connectivity index (χ0) is 12.3. The van der Waals surface area contributed by atoms with Crippen LogP contribution in [0.25, 0.3) is 0 Å². The van der Waals surface area contributed by atoms with Crippen molar-refractivity contribution in [2.24, 2.45) is 0 Å². The number of ether oxygens (including phenoxy) is 1. The van der Waals surface area contributed by atoms with Crippen LogP contribution in [0.1, 0.15) is 18.4 Å². The second-order valence-electron chi connectivity index (χ2n) is 3.29. The molecule has 88 valence electrons. The van der Waals surface area contributed by atoms with Gasteiger partial charge in [0.15, 0.2) is 0 Å². The van der Waals surface area contributed by atoms with Crippen LogP contribution in [0.4, 0.5) is 4.39 Å². The summed E-state index contributed by atoms with van der Waals surface area (Å²) in [5.41, 5.74) is 0.361. The van der Waals surface area contributed by atoms with Crippen molar-refractivity contribution in [1.82, 2.24) is 0 Å². The maximum absolute atomic E-state index is 13.3. The number of hydrogen-bond donors (Lipinski definition) is 1. The predicted molar refractivity (Wildman–Crippen MR) is 60.8 cm³/mol. The molecule has 0 aliphatic heterocycles. The summed E-state index contributed by atoms with van der Waals surface area (Å²) in [4.78, 5) is 11.5. The Hall–Kier alpha value is -1.23. The molecule has 5 heteroatoms. The largest absolute Gasteiger partial charge is 0.495 e. The van der Waals surface area contributed by atoms with Crippen LogP contribution in [0.2, 0.25) is 0 Å². The SMILES string of the molecule is COc1c(SC)cc(F)cc1C(C)C(=O)O. The number of thioether (sulfide) groups is 1. The van der Waals surface area contributed by atoms with Gasteiger partial charge in [-0.1, -0.05) is 0 Å². The third-order valence-electron chi connectivity index (χ3n) is 2.31. The van der Waals surface area contributed by atoms with Gasteiger partial charge in [-0.05, 0) is 25.3 Å². The summed E-state index contributed by atoms with van der Waals surface area (Å²) in [6.07, 6.45) is 1.78. The molecule has 1 rings (SSSR count). The zero-order valence-corrected chi connectivity index (χ0v) is 10.1. The summed E-state index contributed by atoms with van der Waals surface area (Å²) >= 11 is 1.32. The van der Waals surface area contributed by atoms with Crippen molar-refractivity contribution in [3.05, 3.63) is 23.5 Å². The van der Waals surface area contributed by atoms with Gasteiger partial charge in [-0.2, -0.15) is 0 Å². The number of carboxylic acid groups (broad SMARTS) is 1. The van der Waals surface area contributed by atoms with Crippen LogP contribution in [0.15, 0.2) is 17.0 Å². The molecule has 0 radical (unpaired) electrons. The van der Waals surface area contributed by atoms with E-state index in [1.165, 1.54) is 37.9 Å². The van der Waals surface area contributed by atoms with Gasteiger partial charge < -0.3 is 9.84 Å². The van der Waals surface area contributed by atoms with Crippen LogP contribution in [-0.2, 0) is 4.79 Å². The van der Waals surface area contributed by atoms with E-state index in [9.17, 15) is 9.18 Å². The number of rotatable bonds is 4. The second kappa shape index (κ2) is 5.21. The maximum Gasteiger partial charge on any atom is 0.310 e. The molecule has 1 aromatic carbocycles. The van der Waals surface area contributed by atoms with Crippen LogP contribution in [0.5, 0.6) is 5.75 Å². The third-order valence-corrected chi connectivity index (χ3v) is 3.05. The first kappa shape index (κ1) is 12.8. The molecule has 1 N–H and O–H groups in total. The van der Waals surface area contributed by atoms with Gasteiger partial charge in [0.2, 0.25) is 0 Å². The normalized spacial score (nSPS) is 12.2. The molecule has 0 bridgehead atoms. The molecule has 1 atom stereocenters. The fraction of sp³-hybridized carbons (Fsp3) is 0.364. The van der Waals surface area contributed by atoms with Gasteiger partial charge in [0.05, 0.1) is 17.9 Å². The van der Waals surface area contributed by atoms with Crippen LogP contribution in [-0.4, -0.2) is 24.4 Å². The summed E-state index contributed by atoms with van der Waals surface area (Å²) in [7, 11) is 1.45. The summed E-state index contributed by atoms with van der Waals surface area (Å²) in [6.45, 7) is 1.50. The van der Waals surface area contributed by atoms with E-state index >= 15 is 0 Å². The molecule has 0 saturated heterocycles. The number of halogens is 1. The van der Waals surface area contributed by atoms with Gasteiger partial charge in [-0.25, -0.2) is 4.39 Å². The predicted octanol–water partition coefficient (Wildman–Crippen LogP) is 2.74. The average Bonchev–Trinajstić information content (AvgIpc) is 2.26. The number of benzene rings is 1. The molecule has 0 fully saturated rings. The van der Waals surface area contributed by atoms with E-state index < -0.39 is 17.7 Å². The molecule has 0 aliphatic carbocycles. The van der Waals surface area contributed by atoms with Crippen LogP contribution < -0.4 is 4.74 Å². The first-order valence-corrected chi connectivity index (χ1v) is 5.88. The average molecular weight is 244 g/mol. The molecule has 0 amide bonds. The molecule has 0 aliphatic rings. The van der Waals surface area contributed by atoms with E-state index in [-0.39, 0.29) is 0 Å². The van der Waals surface area contributed by atoms with E-state index in [4.69, 9.17) is 9.84 Å². The van der Waals surface area contributed by atoms with E-state index in [1.54, 1.807) is 6.26 Å². The van der Waals surface area contributed by atoms with E-state index in [0.717, 1.165) is 0 Å². The topological polar surface area (TPSA) is 46.5 Å². The Morgan fingerprint density at radius 1 is 1.56 bits per heavy atom. The number of aliphatic carboxylic acids is 1. The minimum absolute atomic E-state index is 0.361. The molecule has 0 spiro atoms. The smallest absolute Gasteiger partial charge is 0.310 e. The lowest BCUT2D eigenvalue weighted by Crippen LogP contribution is -2.09. The highest BCUT2D eigenvalue weighted by Gasteiger charge is 2.21. The summed E-state index contributed by atoms with van der Waals surface area (Å²) in [5, 5.41) is 8.93. The summed E-state index contributed by atoms with van der Waals surface area (Å²) < 4.78 is 18.4. The van der Waals surface area contributed by atoms with Crippen molar-refractivity contribution in [3.8, 4) is 5.75 Å². The Morgan fingerprint density at radius 3 is 2.62 bits per heavy atom. The Balaban J connectivity index is 3.35. The number of hydrogen-bond acceptors (Lipinski definition) is 3. The van der Waals surface area contributed by atoms with Crippen LogP contribution in [0, 0.1) is 5.82 Å². The minimum atomic E-state index is -1.00. The highest BCUT2D eigenvalue weighted by Crippen LogP contribution is 2.36. The Kier molecular flexibility index (Phi) is 4.18. The van der Waals surface area contributed by atoms with Gasteiger partial charge in [-0.15, -0.1) is 11.8 Å². The van der Waals surface area contributed by atoms with Crippen molar-refractivity contribution in [2.45, 2.75) is 17.7 Å². The molecule has 0 aromatic heterocycles.